The van der Waals surface area contributed by atoms with Crippen LogP contribution in [0.5, 0.6) is 5.75 Å². The summed E-state index contributed by atoms with van der Waals surface area (Å²) < 4.78 is 17.3. The van der Waals surface area contributed by atoms with Gasteiger partial charge in [0.25, 0.3) is 0 Å². The minimum atomic E-state index is -1.47. The van der Waals surface area contributed by atoms with Gasteiger partial charge in [0.1, 0.15) is 22.9 Å². The lowest BCUT2D eigenvalue weighted by atomic mass is 9.46. The van der Waals surface area contributed by atoms with Crippen LogP contribution in [0.1, 0.15) is 30.9 Å². The lowest BCUT2D eigenvalue weighted by Crippen LogP contribution is -2.71. The van der Waals surface area contributed by atoms with Crippen LogP contribution in [0.25, 0.3) is 11.0 Å². The van der Waals surface area contributed by atoms with Crippen molar-refractivity contribution in [2.45, 2.75) is 43.5 Å². The molecule has 2 N–H and O–H groups in total. The first kappa shape index (κ1) is 14.2. The Labute approximate surface area is 143 Å². The number of aliphatic hydroxyl groups is 1. The van der Waals surface area contributed by atoms with Gasteiger partial charge in [0, 0.05) is 29.7 Å². The molecule has 6 nitrogen and oxygen atoms in total. The Morgan fingerprint density at radius 1 is 1.32 bits per heavy atom. The maximum absolute atomic E-state index is 12.8. The topological polar surface area (TPSA) is 89.1 Å². The third-order valence-electron chi connectivity index (χ3n) is 7.32. The van der Waals surface area contributed by atoms with Crippen LogP contribution in [0.15, 0.2) is 22.8 Å². The van der Waals surface area contributed by atoms with E-state index < -0.39 is 16.6 Å². The zero-order valence-electron chi connectivity index (χ0n) is 13.7. The molecule has 0 amide bonds. The van der Waals surface area contributed by atoms with E-state index in [1.165, 1.54) is 0 Å². The van der Waals surface area contributed by atoms with Gasteiger partial charge in [-0.05, 0) is 31.0 Å². The Balaban J connectivity index is 1.70. The molecule has 0 unspecified atom stereocenters. The highest BCUT2D eigenvalue weighted by Gasteiger charge is 2.78. The highest BCUT2D eigenvalue weighted by atomic mass is 16.6. The smallest absolute Gasteiger partial charge is 0.318 e. The summed E-state index contributed by atoms with van der Waals surface area (Å²) in [4.78, 5) is 12.8. The normalized spacial score (nSPS) is 43.8. The van der Waals surface area contributed by atoms with Gasteiger partial charge in [-0.25, -0.2) is 0 Å². The molecule has 1 aromatic carbocycles. The number of phenolic OH excluding ortho intramolecular Hbond substituents is 1. The second-order valence-corrected chi connectivity index (χ2v) is 8.14. The van der Waals surface area contributed by atoms with Gasteiger partial charge in [-0.1, -0.05) is 0 Å². The zero-order chi connectivity index (χ0) is 17.2. The van der Waals surface area contributed by atoms with Gasteiger partial charge < -0.3 is 24.1 Å². The third-order valence-corrected chi connectivity index (χ3v) is 7.32. The van der Waals surface area contributed by atoms with E-state index in [0.29, 0.717) is 36.8 Å². The number of carbonyl (C=O) groups is 1. The van der Waals surface area contributed by atoms with Gasteiger partial charge >= 0.3 is 5.97 Å². The summed E-state index contributed by atoms with van der Waals surface area (Å²) >= 11 is 0. The standard InChI is InChI=1S/C19H18O6/c1-17-15-13(25-16(17)21)6-10-11(7-12(20)9-2-5-23-14(9)10)18(15)3-4-19(17,22)24-8-18/h2,5,7,13,15,20,22H,3-4,6,8H2,1H3/t13-,15+,17+,18-,19-/m1/s1. The summed E-state index contributed by atoms with van der Waals surface area (Å²) in [6.45, 7) is 2.08. The molecule has 2 bridgehead atoms. The van der Waals surface area contributed by atoms with Crippen LogP contribution in [-0.2, 0) is 26.1 Å². The van der Waals surface area contributed by atoms with E-state index >= 15 is 0 Å². The molecule has 2 aliphatic carbocycles. The van der Waals surface area contributed by atoms with Crippen LogP contribution in [0.2, 0.25) is 0 Å². The van der Waals surface area contributed by atoms with Crippen LogP contribution < -0.4 is 0 Å². The molecule has 130 valence electrons. The first-order valence-corrected chi connectivity index (χ1v) is 8.71. The van der Waals surface area contributed by atoms with E-state index in [1.807, 2.05) is 0 Å². The van der Waals surface area contributed by atoms with Crippen molar-refractivity contribution in [3.63, 3.8) is 0 Å². The first-order valence-electron chi connectivity index (χ1n) is 8.71. The fourth-order valence-corrected chi connectivity index (χ4v) is 6.13. The monoisotopic (exact) mass is 342 g/mol. The summed E-state index contributed by atoms with van der Waals surface area (Å²) in [5.74, 6) is -1.85. The molecule has 2 aromatic rings. The number of phenols is 1. The summed E-state index contributed by atoms with van der Waals surface area (Å²) in [5.41, 5.74) is 1.06. The largest absolute Gasteiger partial charge is 0.507 e. The number of hydrogen-bond donors (Lipinski definition) is 2. The SMILES string of the molecule is C[C@]12C(=O)O[C@@H]3Cc4c(cc(O)c5ccoc45)[C@]4(CC[C@@]1(O)OC4)[C@@H]32. The summed E-state index contributed by atoms with van der Waals surface area (Å²) in [6.07, 6.45) is 2.85. The highest BCUT2D eigenvalue weighted by Crippen LogP contribution is 2.68. The van der Waals surface area contributed by atoms with Gasteiger partial charge in [0.15, 0.2) is 5.79 Å². The fourth-order valence-electron chi connectivity index (χ4n) is 6.13. The average Bonchev–Trinajstić information content (AvgIpc) is 3.17. The van der Waals surface area contributed by atoms with E-state index in [9.17, 15) is 15.0 Å². The van der Waals surface area contributed by atoms with Crippen molar-refractivity contribution in [3.8, 4) is 5.75 Å². The maximum Gasteiger partial charge on any atom is 0.318 e. The van der Waals surface area contributed by atoms with Gasteiger partial charge in [-0.15, -0.1) is 0 Å². The molecule has 6 heteroatoms. The van der Waals surface area contributed by atoms with Crippen LogP contribution in [-0.4, -0.2) is 34.7 Å². The van der Waals surface area contributed by atoms with E-state index in [-0.39, 0.29) is 23.7 Å². The van der Waals surface area contributed by atoms with Crippen molar-refractivity contribution < 1.29 is 28.9 Å². The van der Waals surface area contributed by atoms with Crippen LogP contribution in [0.4, 0.5) is 0 Å². The number of fused-ring (bicyclic) bond motifs is 5. The molecule has 25 heavy (non-hydrogen) atoms. The predicted molar refractivity (Wildman–Crippen MR) is 84.9 cm³/mol. The highest BCUT2D eigenvalue weighted by molar-refractivity contribution is 5.89. The Morgan fingerprint density at radius 3 is 2.92 bits per heavy atom. The lowest BCUT2D eigenvalue weighted by Gasteiger charge is -2.62. The number of esters is 1. The fraction of sp³-hybridized carbons (Fsp3) is 0.526. The second kappa shape index (κ2) is 3.86. The van der Waals surface area contributed by atoms with Crippen molar-refractivity contribution in [1.82, 2.24) is 0 Å². The van der Waals surface area contributed by atoms with E-state index in [0.717, 1.165) is 11.1 Å². The Bertz CT molecular complexity index is 950. The predicted octanol–water partition coefficient (Wildman–Crippen LogP) is 1.99. The molecule has 7 rings (SSSR count). The molecule has 0 radical (unpaired) electrons. The Kier molecular flexibility index (Phi) is 2.19. The van der Waals surface area contributed by atoms with Crippen molar-refractivity contribution >= 4 is 16.9 Å². The van der Waals surface area contributed by atoms with Crippen LogP contribution >= 0.6 is 0 Å². The van der Waals surface area contributed by atoms with Crippen LogP contribution in [0, 0.1) is 11.3 Å². The molecule has 3 aliphatic heterocycles. The molecule has 4 heterocycles. The quantitative estimate of drug-likeness (QED) is 0.712. The molecular weight excluding hydrogens is 324 g/mol. The van der Waals surface area contributed by atoms with Crippen molar-refractivity contribution in [2.24, 2.45) is 11.3 Å². The molecule has 1 aromatic heterocycles. The molecule has 1 saturated carbocycles. The second-order valence-electron chi connectivity index (χ2n) is 8.14. The third kappa shape index (κ3) is 1.27. The number of benzene rings is 1. The molecule has 3 saturated heterocycles. The molecule has 1 spiro atoms. The van der Waals surface area contributed by atoms with Gasteiger partial charge in [0.05, 0.1) is 18.3 Å². The Hall–Kier alpha value is -2.05. The summed E-state index contributed by atoms with van der Waals surface area (Å²) in [6, 6.07) is 3.54. The molecular formula is C19H18O6. The van der Waals surface area contributed by atoms with Gasteiger partial charge in [0.2, 0.25) is 0 Å². The summed E-state index contributed by atoms with van der Waals surface area (Å²) in [7, 11) is 0. The lowest BCUT2D eigenvalue weighted by molar-refractivity contribution is -0.344. The van der Waals surface area contributed by atoms with Crippen molar-refractivity contribution in [2.75, 3.05) is 6.61 Å². The van der Waals surface area contributed by atoms with E-state index in [1.54, 1.807) is 25.3 Å². The number of carbonyl (C=O) groups excluding carboxylic acids is 1. The average molecular weight is 342 g/mol. The van der Waals surface area contributed by atoms with Gasteiger partial charge in [-0.3, -0.25) is 4.79 Å². The van der Waals surface area contributed by atoms with Crippen LogP contribution in [0.3, 0.4) is 0 Å². The number of rotatable bonds is 0. The minimum absolute atomic E-state index is 0.167. The molecule has 5 atom stereocenters. The Morgan fingerprint density at radius 2 is 2.16 bits per heavy atom. The molecule has 5 aliphatic rings. The van der Waals surface area contributed by atoms with Crippen molar-refractivity contribution in [1.29, 1.82) is 0 Å². The van der Waals surface area contributed by atoms with E-state index in [2.05, 4.69) is 0 Å². The number of aromatic hydroxyl groups is 1. The maximum atomic E-state index is 12.8. The molecule has 4 fully saturated rings. The minimum Gasteiger partial charge on any atom is -0.507 e. The number of ether oxygens (including phenoxy) is 2. The summed E-state index contributed by atoms with van der Waals surface area (Å²) in [5, 5.41) is 22.2. The first-order chi connectivity index (χ1) is 11.9. The van der Waals surface area contributed by atoms with Gasteiger partial charge in [-0.2, -0.15) is 0 Å². The van der Waals surface area contributed by atoms with E-state index in [4.69, 9.17) is 13.9 Å². The number of hydrogen-bond acceptors (Lipinski definition) is 6. The number of furan rings is 1. The zero-order valence-corrected chi connectivity index (χ0v) is 13.7. The van der Waals surface area contributed by atoms with Crippen molar-refractivity contribution in [3.05, 3.63) is 29.5 Å².